The van der Waals surface area contributed by atoms with E-state index in [0.29, 0.717) is 11.4 Å². The second-order valence-corrected chi connectivity index (χ2v) is 8.40. The van der Waals surface area contributed by atoms with Gasteiger partial charge in [0.25, 0.3) is 11.8 Å². The highest BCUT2D eigenvalue weighted by Gasteiger charge is 2.13. The van der Waals surface area contributed by atoms with E-state index in [9.17, 15) is 20.1 Å². The van der Waals surface area contributed by atoms with Crippen molar-refractivity contribution in [1.29, 1.82) is 10.5 Å². The first-order valence-electron chi connectivity index (χ1n) is 11.6. The number of aromatic amines is 2. The largest absolute Gasteiger partial charge is 0.361 e. The van der Waals surface area contributed by atoms with Crippen molar-refractivity contribution in [1.82, 2.24) is 9.97 Å². The molecule has 8 heteroatoms. The van der Waals surface area contributed by atoms with Gasteiger partial charge < -0.3 is 20.6 Å². The van der Waals surface area contributed by atoms with E-state index in [2.05, 4.69) is 20.6 Å². The SMILES string of the molecule is N#C/C(=C\c1c[nH]c2ccccc12)C(=O)Nc1ccc(NC(=O)/C(C#N)=C/c2c[nH]c3ccccc23)cc1. The fourth-order valence-corrected chi connectivity index (χ4v) is 4.07. The van der Waals surface area contributed by atoms with Crippen LogP contribution in [0, 0.1) is 22.7 Å². The van der Waals surface area contributed by atoms with Gasteiger partial charge in [0.2, 0.25) is 0 Å². The van der Waals surface area contributed by atoms with Gasteiger partial charge >= 0.3 is 0 Å². The number of carbonyl (C=O) groups excluding carboxylic acids is 2. The van der Waals surface area contributed by atoms with Gasteiger partial charge in [0.05, 0.1) is 0 Å². The number of nitrogens with one attached hydrogen (secondary N) is 4. The molecule has 0 saturated carbocycles. The third-order valence-corrected chi connectivity index (χ3v) is 5.97. The summed E-state index contributed by atoms with van der Waals surface area (Å²) in [7, 11) is 0. The molecule has 2 heterocycles. The van der Waals surface area contributed by atoms with Crippen molar-refractivity contribution in [3.8, 4) is 12.1 Å². The summed E-state index contributed by atoms with van der Waals surface area (Å²) in [4.78, 5) is 31.7. The lowest BCUT2D eigenvalue weighted by Crippen LogP contribution is -2.14. The third kappa shape index (κ3) is 4.92. The maximum atomic E-state index is 12.7. The Morgan fingerprint density at radius 1 is 0.632 bits per heavy atom. The Kier molecular flexibility index (Phi) is 6.53. The van der Waals surface area contributed by atoms with Crippen molar-refractivity contribution >= 4 is 57.1 Å². The Morgan fingerprint density at radius 3 is 1.42 bits per heavy atom. The highest BCUT2D eigenvalue weighted by Crippen LogP contribution is 2.23. The van der Waals surface area contributed by atoms with E-state index < -0.39 is 11.8 Å². The molecule has 0 aliphatic carbocycles. The van der Waals surface area contributed by atoms with Gasteiger partial charge in [-0.3, -0.25) is 9.59 Å². The van der Waals surface area contributed by atoms with Crippen molar-refractivity contribution in [3.63, 3.8) is 0 Å². The smallest absolute Gasteiger partial charge is 0.266 e. The molecular formula is C30H20N6O2. The van der Waals surface area contributed by atoms with Gasteiger partial charge in [-0.15, -0.1) is 0 Å². The van der Waals surface area contributed by atoms with Crippen LogP contribution in [-0.4, -0.2) is 21.8 Å². The predicted molar refractivity (Wildman–Crippen MR) is 147 cm³/mol. The summed E-state index contributed by atoms with van der Waals surface area (Å²) >= 11 is 0. The van der Waals surface area contributed by atoms with E-state index >= 15 is 0 Å². The van der Waals surface area contributed by atoms with Crippen LogP contribution in [0.4, 0.5) is 11.4 Å². The third-order valence-electron chi connectivity index (χ3n) is 5.97. The van der Waals surface area contributed by atoms with E-state index in [1.807, 2.05) is 60.7 Å². The van der Waals surface area contributed by atoms with Crippen LogP contribution in [0.1, 0.15) is 11.1 Å². The van der Waals surface area contributed by atoms with Crippen molar-refractivity contribution in [2.24, 2.45) is 0 Å². The summed E-state index contributed by atoms with van der Waals surface area (Å²) in [6.07, 6.45) is 6.56. The molecule has 4 N–H and O–H groups in total. The Bertz CT molecular complexity index is 1690. The van der Waals surface area contributed by atoms with Crippen LogP contribution in [0.3, 0.4) is 0 Å². The van der Waals surface area contributed by atoms with Crippen LogP contribution < -0.4 is 10.6 Å². The van der Waals surface area contributed by atoms with Crippen LogP contribution in [0.25, 0.3) is 34.0 Å². The second-order valence-electron chi connectivity index (χ2n) is 8.40. The average Bonchev–Trinajstić information content (AvgIpc) is 3.55. The molecule has 0 spiro atoms. The normalized spacial score (nSPS) is 11.6. The number of amides is 2. The Morgan fingerprint density at radius 2 is 1.03 bits per heavy atom. The molecule has 0 bridgehead atoms. The minimum Gasteiger partial charge on any atom is -0.361 e. The van der Waals surface area contributed by atoms with Gasteiger partial charge in [-0.1, -0.05) is 36.4 Å². The standard InChI is InChI=1S/C30H20N6O2/c31-15-19(13-21-17-33-27-7-3-1-5-25(21)27)29(37)35-23-9-11-24(12-10-23)36-30(38)20(16-32)14-22-18-34-28-8-4-2-6-26(22)28/h1-14,17-18,33-34H,(H,35,37)(H,36,38)/b19-13+,20-14+. The number of H-pyrrole nitrogens is 2. The van der Waals surface area contributed by atoms with E-state index in [1.165, 1.54) is 12.2 Å². The number of carbonyl (C=O) groups is 2. The van der Waals surface area contributed by atoms with Crippen molar-refractivity contribution < 1.29 is 9.59 Å². The summed E-state index contributed by atoms with van der Waals surface area (Å²) in [6, 6.07) is 25.5. The highest BCUT2D eigenvalue weighted by atomic mass is 16.2. The Hall–Kier alpha value is -5.86. The Labute approximate surface area is 217 Å². The van der Waals surface area contributed by atoms with E-state index in [0.717, 1.165) is 32.9 Å². The number of hydrogen-bond donors (Lipinski definition) is 4. The molecule has 0 radical (unpaired) electrons. The van der Waals surface area contributed by atoms with Crippen LogP contribution in [0.5, 0.6) is 0 Å². The first-order valence-corrected chi connectivity index (χ1v) is 11.6. The first-order chi connectivity index (χ1) is 18.6. The molecule has 0 aliphatic heterocycles. The lowest BCUT2D eigenvalue weighted by atomic mass is 10.1. The van der Waals surface area contributed by atoms with Gasteiger partial charge in [-0.2, -0.15) is 10.5 Å². The quantitative estimate of drug-likeness (QED) is 0.176. The minimum atomic E-state index is -0.553. The number of para-hydroxylation sites is 2. The monoisotopic (exact) mass is 496 g/mol. The van der Waals surface area contributed by atoms with Crippen LogP contribution >= 0.6 is 0 Å². The van der Waals surface area contributed by atoms with Crippen molar-refractivity contribution in [3.05, 3.63) is 107 Å². The molecule has 3 aromatic carbocycles. The molecule has 0 unspecified atom stereocenters. The fourth-order valence-electron chi connectivity index (χ4n) is 4.07. The molecule has 2 amide bonds. The molecule has 8 nitrogen and oxygen atoms in total. The first kappa shape index (κ1) is 23.9. The highest BCUT2D eigenvalue weighted by molar-refractivity contribution is 6.12. The number of nitrogens with zero attached hydrogens (tertiary/aromatic N) is 2. The predicted octanol–water partition coefficient (Wildman–Crippen LogP) is 5.74. The number of nitriles is 2. The van der Waals surface area contributed by atoms with Crippen LogP contribution in [0.15, 0.2) is 96.3 Å². The molecule has 0 atom stereocenters. The number of rotatable bonds is 6. The fraction of sp³-hybridized carbons (Fsp3) is 0. The zero-order valence-electron chi connectivity index (χ0n) is 19.9. The van der Waals surface area contributed by atoms with Crippen molar-refractivity contribution in [2.75, 3.05) is 10.6 Å². The number of hydrogen-bond acceptors (Lipinski definition) is 4. The van der Waals surface area contributed by atoms with Crippen LogP contribution in [0.2, 0.25) is 0 Å². The molecular weight excluding hydrogens is 476 g/mol. The molecule has 5 aromatic rings. The number of anilines is 2. The molecule has 182 valence electrons. The summed E-state index contributed by atoms with van der Waals surface area (Å²) in [5.41, 5.74) is 4.08. The molecule has 38 heavy (non-hydrogen) atoms. The summed E-state index contributed by atoms with van der Waals surface area (Å²) in [5, 5.41) is 26.3. The van der Waals surface area contributed by atoms with Gasteiger partial charge in [0.15, 0.2) is 0 Å². The summed E-state index contributed by atoms with van der Waals surface area (Å²) in [5.74, 6) is -1.11. The minimum absolute atomic E-state index is 0.0480. The van der Waals surface area contributed by atoms with E-state index in [-0.39, 0.29) is 11.1 Å². The Balaban J connectivity index is 1.27. The van der Waals surface area contributed by atoms with Gasteiger partial charge in [-0.25, -0.2) is 0 Å². The van der Waals surface area contributed by atoms with Crippen molar-refractivity contribution in [2.45, 2.75) is 0 Å². The maximum Gasteiger partial charge on any atom is 0.266 e. The topological polar surface area (TPSA) is 137 Å². The van der Waals surface area contributed by atoms with Gasteiger partial charge in [-0.05, 0) is 48.6 Å². The lowest BCUT2D eigenvalue weighted by Gasteiger charge is -2.07. The van der Waals surface area contributed by atoms with Gasteiger partial charge in [0, 0.05) is 56.7 Å². The molecule has 0 aliphatic rings. The second kappa shape index (κ2) is 10.4. The van der Waals surface area contributed by atoms with E-state index in [1.54, 1.807) is 36.7 Å². The van der Waals surface area contributed by atoms with Crippen LogP contribution in [-0.2, 0) is 9.59 Å². The molecule has 0 fully saturated rings. The summed E-state index contributed by atoms with van der Waals surface area (Å²) in [6.45, 7) is 0. The number of fused-ring (bicyclic) bond motifs is 2. The zero-order valence-corrected chi connectivity index (χ0v) is 19.9. The summed E-state index contributed by atoms with van der Waals surface area (Å²) < 4.78 is 0. The molecule has 2 aromatic heterocycles. The average molecular weight is 497 g/mol. The number of aromatic nitrogens is 2. The maximum absolute atomic E-state index is 12.7. The molecule has 5 rings (SSSR count). The number of benzene rings is 3. The zero-order chi connectivity index (χ0) is 26.5. The van der Waals surface area contributed by atoms with E-state index in [4.69, 9.17) is 0 Å². The lowest BCUT2D eigenvalue weighted by molar-refractivity contribution is -0.113. The molecule has 0 saturated heterocycles. The van der Waals surface area contributed by atoms with Gasteiger partial charge in [0.1, 0.15) is 23.3 Å².